The monoisotopic (exact) mass is 457 g/mol. The molecule has 0 aliphatic rings. The van der Waals surface area contributed by atoms with Gasteiger partial charge >= 0.3 is 0 Å². The van der Waals surface area contributed by atoms with E-state index in [1.54, 1.807) is 24.3 Å². The lowest BCUT2D eigenvalue weighted by atomic mass is 10.1. The van der Waals surface area contributed by atoms with Gasteiger partial charge in [-0.1, -0.05) is 0 Å². The molecule has 0 radical (unpaired) electrons. The first-order chi connectivity index (χ1) is 15.3. The second-order valence-corrected chi connectivity index (χ2v) is 8.78. The predicted molar refractivity (Wildman–Crippen MR) is 122 cm³/mol. The van der Waals surface area contributed by atoms with Gasteiger partial charge in [-0.25, -0.2) is 13.1 Å². The van der Waals surface area contributed by atoms with Crippen molar-refractivity contribution in [2.75, 3.05) is 26.9 Å². The van der Waals surface area contributed by atoms with Crippen LogP contribution < -0.4 is 18.9 Å². The highest BCUT2D eigenvalue weighted by molar-refractivity contribution is 7.89. The average molecular weight is 458 g/mol. The summed E-state index contributed by atoms with van der Waals surface area (Å²) in [4.78, 5) is 0.0996. The van der Waals surface area contributed by atoms with Crippen molar-refractivity contribution < 1.29 is 22.6 Å². The maximum Gasteiger partial charge on any atom is 0.244 e. The maximum absolute atomic E-state index is 12.7. The second kappa shape index (κ2) is 10.4. The molecule has 1 aromatic heterocycles. The van der Waals surface area contributed by atoms with Crippen molar-refractivity contribution in [3.8, 4) is 28.6 Å². The van der Waals surface area contributed by atoms with Crippen molar-refractivity contribution in [3.05, 3.63) is 59.7 Å². The Hall–Kier alpha value is -3.17. The number of sulfonamides is 1. The van der Waals surface area contributed by atoms with Crippen molar-refractivity contribution in [2.24, 2.45) is 0 Å². The lowest BCUT2D eigenvalue weighted by Gasteiger charge is -2.13. The molecule has 0 atom stereocenters. The molecule has 32 heavy (non-hydrogen) atoms. The van der Waals surface area contributed by atoms with Gasteiger partial charge in [0.15, 0.2) is 0 Å². The summed E-state index contributed by atoms with van der Waals surface area (Å²) in [5.41, 5.74) is 3.42. The standard InChI is InChI=1S/C23H27N3O5S/c1-5-30-19-8-6-18(7-9-19)20-10-11-23(26-25-20)31-13-12-24-32(27,28)22-15-17(3)16(2)14-21(22)29-4/h6-11,14-15,24H,5,12-13H2,1-4H3. The summed E-state index contributed by atoms with van der Waals surface area (Å²) in [6, 6.07) is 14.4. The number of rotatable bonds is 10. The van der Waals surface area contributed by atoms with Crippen LogP contribution in [0.25, 0.3) is 11.3 Å². The van der Waals surface area contributed by atoms with Crippen LogP contribution in [-0.4, -0.2) is 45.5 Å². The summed E-state index contributed by atoms with van der Waals surface area (Å²) in [5, 5.41) is 8.22. The molecular weight excluding hydrogens is 430 g/mol. The van der Waals surface area contributed by atoms with Gasteiger partial charge in [0.2, 0.25) is 15.9 Å². The lowest BCUT2D eigenvalue weighted by molar-refractivity contribution is 0.307. The highest BCUT2D eigenvalue weighted by atomic mass is 32.2. The van der Waals surface area contributed by atoms with Crippen molar-refractivity contribution in [1.82, 2.24) is 14.9 Å². The first-order valence-corrected chi connectivity index (χ1v) is 11.7. The van der Waals surface area contributed by atoms with Crippen LogP contribution >= 0.6 is 0 Å². The minimum absolute atomic E-state index is 0.0702. The van der Waals surface area contributed by atoms with E-state index in [0.717, 1.165) is 22.4 Å². The van der Waals surface area contributed by atoms with Crippen LogP contribution in [0.1, 0.15) is 18.1 Å². The molecule has 0 bridgehead atoms. The first kappa shape index (κ1) is 23.5. The molecule has 8 nitrogen and oxygen atoms in total. The Bertz CT molecular complexity index is 1150. The van der Waals surface area contributed by atoms with Crippen LogP contribution in [0.15, 0.2) is 53.4 Å². The molecule has 9 heteroatoms. The highest BCUT2D eigenvalue weighted by Crippen LogP contribution is 2.27. The van der Waals surface area contributed by atoms with E-state index in [1.807, 2.05) is 45.0 Å². The summed E-state index contributed by atoms with van der Waals surface area (Å²) in [5.74, 6) is 1.41. The fraction of sp³-hybridized carbons (Fsp3) is 0.304. The number of nitrogens with zero attached hydrogens (tertiary/aromatic N) is 2. The molecule has 1 N–H and O–H groups in total. The third kappa shape index (κ3) is 5.74. The molecule has 170 valence electrons. The van der Waals surface area contributed by atoms with Crippen LogP contribution in [0.4, 0.5) is 0 Å². The van der Waals surface area contributed by atoms with E-state index in [0.29, 0.717) is 23.9 Å². The van der Waals surface area contributed by atoms with E-state index in [9.17, 15) is 8.42 Å². The van der Waals surface area contributed by atoms with Gasteiger partial charge in [-0.15, -0.1) is 10.2 Å². The van der Waals surface area contributed by atoms with Gasteiger partial charge in [0, 0.05) is 18.2 Å². The predicted octanol–water partition coefficient (Wildman–Crippen LogP) is 3.53. The largest absolute Gasteiger partial charge is 0.495 e. The Morgan fingerprint density at radius 2 is 1.66 bits per heavy atom. The molecule has 3 aromatic rings. The number of aryl methyl sites for hydroxylation is 2. The molecule has 1 heterocycles. The van der Waals surface area contributed by atoms with Gasteiger partial charge in [-0.2, -0.15) is 0 Å². The van der Waals surface area contributed by atoms with E-state index in [1.165, 1.54) is 7.11 Å². The molecule has 2 aromatic carbocycles. The van der Waals surface area contributed by atoms with Crippen LogP contribution in [0.3, 0.4) is 0 Å². The normalized spacial score (nSPS) is 11.2. The Morgan fingerprint density at radius 1 is 0.938 bits per heavy atom. The summed E-state index contributed by atoms with van der Waals surface area (Å²) < 4.78 is 44.1. The number of aromatic nitrogens is 2. The Kier molecular flexibility index (Phi) is 7.66. The topological polar surface area (TPSA) is 99.6 Å². The number of hydrogen-bond donors (Lipinski definition) is 1. The molecule has 0 fully saturated rings. The number of nitrogens with one attached hydrogen (secondary N) is 1. The Morgan fingerprint density at radius 3 is 2.28 bits per heavy atom. The molecule has 0 aliphatic carbocycles. The van der Waals surface area contributed by atoms with Crippen molar-refractivity contribution >= 4 is 10.0 Å². The van der Waals surface area contributed by atoms with Crippen LogP contribution in [0, 0.1) is 13.8 Å². The quantitative estimate of drug-likeness (QED) is 0.465. The zero-order chi connectivity index (χ0) is 23.1. The van der Waals surface area contributed by atoms with Gasteiger partial charge in [-0.3, -0.25) is 0 Å². The molecule has 0 saturated carbocycles. The van der Waals surface area contributed by atoms with Crippen LogP contribution in [-0.2, 0) is 10.0 Å². The fourth-order valence-electron chi connectivity index (χ4n) is 2.98. The fourth-order valence-corrected chi connectivity index (χ4v) is 4.23. The van der Waals surface area contributed by atoms with E-state index in [2.05, 4.69) is 14.9 Å². The van der Waals surface area contributed by atoms with Crippen LogP contribution in [0.2, 0.25) is 0 Å². The van der Waals surface area contributed by atoms with Gasteiger partial charge in [0.25, 0.3) is 0 Å². The van der Waals surface area contributed by atoms with Crippen molar-refractivity contribution in [3.63, 3.8) is 0 Å². The van der Waals surface area contributed by atoms with Gasteiger partial charge in [0.1, 0.15) is 23.0 Å². The van der Waals surface area contributed by atoms with E-state index < -0.39 is 10.0 Å². The van der Waals surface area contributed by atoms with Crippen molar-refractivity contribution in [1.29, 1.82) is 0 Å². The number of hydrogen-bond acceptors (Lipinski definition) is 7. The second-order valence-electron chi connectivity index (χ2n) is 7.05. The van der Waals surface area contributed by atoms with Gasteiger partial charge < -0.3 is 14.2 Å². The van der Waals surface area contributed by atoms with E-state index in [-0.39, 0.29) is 18.0 Å². The number of methoxy groups -OCH3 is 1. The molecule has 0 unspecified atom stereocenters. The molecule has 0 aliphatic heterocycles. The van der Waals surface area contributed by atoms with E-state index in [4.69, 9.17) is 14.2 Å². The van der Waals surface area contributed by atoms with E-state index >= 15 is 0 Å². The smallest absolute Gasteiger partial charge is 0.244 e. The zero-order valence-electron chi connectivity index (χ0n) is 18.6. The lowest BCUT2D eigenvalue weighted by Crippen LogP contribution is -2.28. The summed E-state index contributed by atoms with van der Waals surface area (Å²) >= 11 is 0. The molecular formula is C23H27N3O5S. The summed E-state index contributed by atoms with van der Waals surface area (Å²) in [6.07, 6.45) is 0. The summed E-state index contributed by atoms with van der Waals surface area (Å²) in [7, 11) is -2.30. The molecule has 0 saturated heterocycles. The van der Waals surface area contributed by atoms with Crippen molar-refractivity contribution in [2.45, 2.75) is 25.7 Å². The molecule has 0 spiro atoms. The molecule has 0 amide bonds. The van der Waals surface area contributed by atoms with Gasteiger partial charge in [-0.05, 0) is 74.4 Å². The van der Waals surface area contributed by atoms with Gasteiger partial charge in [0.05, 0.1) is 19.4 Å². The Labute approximate surface area is 188 Å². The highest BCUT2D eigenvalue weighted by Gasteiger charge is 2.20. The molecule has 3 rings (SSSR count). The minimum Gasteiger partial charge on any atom is -0.495 e. The minimum atomic E-state index is -3.75. The first-order valence-electron chi connectivity index (χ1n) is 10.2. The Balaban J connectivity index is 1.56. The third-order valence-corrected chi connectivity index (χ3v) is 6.30. The third-order valence-electron chi connectivity index (χ3n) is 4.81. The number of benzene rings is 2. The SMILES string of the molecule is CCOc1ccc(-c2ccc(OCCNS(=O)(=O)c3cc(C)c(C)cc3OC)nn2)cc1. The average Bonchev–Trinajstić information content (AvgIpc) is 2.79. The number of ether oxygens (including phenoxy) is 3. The van der Waals surface area contributed by atoms with Crippen LogP contribution in [0.5, 0.6) is 17.4 Å². The summed E-state index contributed by atoms with van der Waals surface area (Å²) in [6.45, 7) is 6.47. The zero-order valence-corrected chi connectivity index (χ0v) is 19.4. The maximum atomic E-state index is 12.7.